The Hall–Kier alpha value is -2.06. The van der Waals surface area contributed by atoms with E-state index >= 15 is 0 Å². The monoisotopic (exact) mass is 450 g/mol. The lowest BCUT2D eigenvalue weighted by Crippen LogP contribution is -2.53. The van der Waals surface area contributed by atoms with E-state index in [0.717, 1.165) is 12.0 Å². The Kier molecular flexibility index (Phi) is 10.3. The molecule has 31 heavy (non-hydrogen) atoms. The first-order chi connectivity index (χ1) is 14.8. The lowest BCUT2D eigenvalue weighted by atomic mass is 10.0. The predicted molar refractivity (Wildman–Crippen MR) is 122 cm³/mol. The number of aryl methyl sites for hydroxylation is 1. The summed E-state index contributed by atoms with van der Waals surface area (Å²) in [5, 5.41) is 12.7. The van der Waals surface area contributed by atoms with Crippen LogP contribution in [0.5, 0.6) is 0 Å². The summed E-state index contributed by atoms with van der Waals surface area (Å²) >= 11 is 1.67. The van der Waals surface area contributed by atoms with Crippen molar-refractivity contribution in [3.05, 3.63) is 35.9 Å². The number of carboxylic acid groups (broad SMARTS) is 1. The minimum atomic E-state index is -1.03. The summed E-state index contributed by atoms with van der Waals surface area (Å²) in [5.74, 6) is -0.748. The number of hydrogen-bond acceptors (Lipinski definition) is 6. The summed E-state index contributed by atoms with van der Waals surface area (Å²) in [6.45, 7) is 6.32. The average Bonchev–Trinajstić information content (AvgIpc) is 2.84. The van der Waals surface area contributed by atoms with Crippen LogP contribution >= 0.6 is 11.8 Å². The number of ether oxygens (including phenoxy) is 1. The van der Waals surface area contributed by atoms with Crippen LogP contribution < -0.4 is 5.32 Å². The zero-order valence-electron chi connectivity index (χ0n) is 18.6. The molecule has 2 N–H and O–H groups in total. The van der Waals surface area contributed by atoms with Crippen LogP contribution in [0.25, 0.3) is 0 Å². The van der Waals surface area contributed by atoms with E-state index < -0.39 is 18.1 Å². The van der Waals surface area contributed by atoms with Gasteiger partial charge in [-0.25, -0.2) is 0 Å². The summed E-state index contributed by atoms with van der Waals surface area (Å²) < 4.78 is 5.24. The number of nitrogens with one attached hydrogen (secondary N) is 1. The molecule has 0 bridgehead atoms. The molecule has 8 heteroatoms. The predicted octanol–water partition coefficient (Wildman–Crippen LogP) is 2.58. The van der Waals surface area contributed by atoms with E-state index in [4.69, 9.17) is 4.74 Å². The standard InChI is InChI=1S/C23H34N2O5S/c1-4-30-23(29)19(11-10-17-8-6-5-7-9-17)24-20-15-31-18(12-16(2)3)13-25(22(20)28)14-21(26)27/h5-9,16,18-20,24H,4,10-15H2,1-3H3,(H,26,27). The lowest BCUT2D eigenvalue weighted by molar-refractivity contribution is -0.148. The van der Waals surface area contributed by atoms with Gasteiger partial charge in [-0.15, -0.1) is 0 Å². The molecule has 0 spiro atoms. The Bertz CT molecular complexity index is 728. The Morgan fingerprint density at radius 1 is 1.29 bits per heavy atom. The first-order valence-corrected chi connectivity index (χ1v) is 11.9. The van der Waals surface area contributed by atoms with E-state index in [2.05, 4.69) is 19.2 Å². The summed E-state index contributed by atoms with van der Waals surface area (Å²) in [4.78, 5) is 38.5. The molecule has 1 saturated heterocycles. The number of carboxylic acids is 1. The molecule has 1 aromatic rings. The SMILES string of the molecule is CCOC(=O)C(CCc1ccccc1)NC1CSC(CC(C)C)CN(CC(=O)O)C1=O. The van der Waals surface area contributed by atoms with Crippen LogP contribution in [0.4, 0.5) is 0 Å². The van der Waals surface area contributed by atoms with Gasteiger partial charge >= 0.3 is 11.9 Å². The normalized spacial score (nSPS) is 20.4. The highest BCUT2D eigenvalue weighted by Gasteiger charge is 2.35. The summed E-state index contributed by atoms with van der Waals surface area (Å²) in [5.41, 5.74) is 1.10. The molecule has 2 rings (SSSR count). The fourth-order valence-corrected chi connectivity index (χ4v) is 5.23. The van der Waals surface area contributed by atoms with Crippen molar-refractivity contribution in [2.24, 2.45) is 5.92 Å². The molecule has 0 radical (unpaired) electrons. The second kappa shape index (κ2) is 12.7. The highest BCUT2D eigenvalue weighted by atomic mass is 32.2. The molecule has 1 aromatic carbocycles. The maximum Gasteiger partial charge on any atom is 0.323 e. The van der Waals surface area contributed by atoms with E-state index in [1.165, 1.54) is 4.90 Å². The van der Waals surface area contributed by atoms with Crippen LogP contribution in [-0.2, 0) is 25.5 Å². The van der Waals surface area contributed by atoms with Crippen LogP contribution in [0.3, 0.4) is 0 Å². The van der Waals surface area contributed by atoms with Crippen molar-refractivity contribution >= 4 is 29.6 Å². The van der Waals surface area contributed by atoms with Gasteiger partial charge in [0, 0.05) is 17.5 Å². The Labute approximate surface area is 188 Å². The van der Waals surface area contributed by atoms with Crippen molar-refractivity contribution in [2.45, 2.75) is 57.4 Å². The quantitative estimate of drug-likeness (QED) is 0.500. The van der Waals surface area contributed by atoms with Gasteiger partial charge in [0.2, 0.25) is 5.91 Å². The molecule has 1 aliphatic heterocycles. The van der Waals surface area contributed by atoms with E-state index in [1.807, 2.05) is 30.3 Å². The average molecular weight is 451 g/mol. The highest BCUT2D eigenvalue weighted by molar-refractivity contribution is 8.00. The van der Waals surface area contributed by atoms with Crippen molar-refractivity contribution in [3.8, 4) is 0 Å². The van der Waals surface area contributed by atoms with Gasteiger partial charge in [0.05, 0.1) is 12.6 Å². The van der Waals surface area contributed by atoms with Gasteiger partial charge < -0.3 is 14.7 Å². The largest absolute Gasteiger partial charge is 0.480 e. The number of aliphatic carboxylic acids is 1. The Balaban J connectivity index is 2.14. The first-order valence-electron chi connectivity index (χ1n) is 10.9. The maximum absolute atomic E-state index is 13.1. The van der Waals surface area contributed by atoms with E-state index in [-0.39, 0.29) is 30.3 Å². The molecule has 1 fully saturated rings. The van der Waals surface area contributed by atoms with Crippen molar-refractivity contribution in [1.82, 2.24) is 10.2 Å². The topological polar surface area (TPSA) is 95.9 Å². The second-order valence-electron chi connectivity index (χ2n) is 8.25. The van der Waals surface area contributed by atoms with Crippen LogP contribution in [0.15, 0.2) is 30.3 Å². The Morgan fingerprint density at radius 3 is 2.61 bits per heavy atom. The minimum absolute atomic E-state index is 0.167. The van der Waals surface area contributed by atoms with Gasteiger partial charge in [-0.05, 0) is 37.7 Å². The van der Waals surface area contributed by atoms with Gasteiger partial charge in [0.1, 0.15) is 12.6 Å². The zero-order chi connectivity index (χ0) is 22.8. The molecule has 0 saturated carbocycles. The number of rotatable bonds is 11. The van der Waals surface area contributed by atoms with Crippen LogP contribution in [-0.4, -0.2) is 70.6 Å². The molecule has 0 aliphatic carbocycles. The molecule has 1 aliphatic rings. The summed E-state index contributed by atoms with van der Waals surface area (Å²) in [7, 11) is 0. The number of benzene rings is 1. The molecule has 3 atom stereocenters. The molecule has 1 amide bonds. The molecular weight excluding hydrogens is 416 g/mol. The highest BCUT2D eigenvalue weighted by Crippen LogP contribution is 2.25. The molecule has 3 unspecified atom stereocenters. The van der Waals surface area contributed by atoms with Gasteiger partial charge in [0.25, 0.3) is 0 Å². The van der Waals surface area contributed by atoms with Gasteiger partial charge in [-0.2, -0.15) is 11.8 Å². The van der Waals surface area contributed by atoms with Gasteiger partial charge in [-0.1, -0.05) is 44.2 Å². The van der Waals surface area contributed by atoms with Gasteiger partial charge in [-0.3, -0.25) is 19.7 Å². The fraction of sp³-hybridized carbons (Fsp3) is 0.609. The van der Waals surface area contributed by atoms with E-state index in [1.54, 1.807) is 18.7 Å². The van der Waals surface area contributed by atoms with Crippen molar-refractivity contribution in [3.63, 3.8) is 0 Å². The number of carbonyl (C=O) groups is 3. The van der Waals surface area contributed by atoms with Crippen molar-refractivity contribution < 1.29 is 24.2 Å². The minimum Gasteiger partial charge on any atom is -0.480 e. The number of nitrogens with zero attached hydrogens (tertiary/aromatic N) is 1. The molecular formula is C23H34N2O5S. The van der Waals surface area contributed by atoms with Gasteiger partial charge in [0.15, 0.2) is 0 Å². The fourth-order valence-electron chi connectivity index (χ4n) is 3.72. The molecule has 0 aromatic heterocycles. The molecule has 1 heterocycles. The van der Waals surface area contributed by atoms with Crippen molar-refractivity contribution in [2.75, 3.05) is 25.4 Å². The number of hydrogen-bond donors (Lipinski definition) is 2. The third-order valence-corrected chi connectivity index (χ3v) is 6.47. The number of carbonyl (C=O) groups excluding carboxylic acids is 2. The summed E-state index contributed by atoms with van der Waals surface area (Å²) in [6, 6.07) is 8.57. The Morgan fingerprint density at radius 2 is 2.00 bits per heavy atom. The first kappa shape index (κ1) is 25.2. The molecule has 7 nitrogen and oxygen atoms in total. The van der Waals surface area contributed by atoms with E-state index in [9.17, 15) is 19.5 Å². The number of thioether (sulfide) groups is 1. The lowest BCUT2D eigenvalue weighted by Gasteiger charge is -2.27. The number of esters is 1. The van der Waals surface area contributed by atoms with E-state index in [0.29, 0.717) is 31.1 Å². The second-order valence-corrected chi connectivity index (χ2v) is 9.58. The maximum atomic E-state index is 13.1. The summed E-state index contributed by atoms with van der Waals surface area (Å²) in [6.07, 6.45) is 2.06. The smallest absolute Gasteiger partial charge is 0.323 e. The van der Waals surface area contributed by atoms with Crippen LogP contribution in [0, 0.1) is 5.92 Å². The third-order valence-electron chi connectivity index (χ3n) is 5.13. The van der Waals surface area contributed by atoms with Crippen LogP contribution in [0.1, 0.15) is 39.2 Å². The molecule has 172 valence electrons. The third kappa shape index (κ3) is 8.53. The number of amides is 1. The van der Waals surface area contributed by atoms with Crippen LogP contribution in [0.2, 0.25) is 0 Å². The zero-order valence-corrected chi connectivity index (χ0v) is 19.4. The van der Waals surface area contributed by atoms with Crippen molar-refractivity contribution in [1.29, 1.82) is 0 Å².